The van der Waals surface area contributed by atoms with Gasteiger partial charge in [-0.05, 0) is 38.0 Å². The first-order valence-corrected chi connectivity index (χ1v) is 10.2. The summed E-state index contributed by atoms with van der Waals surface area (Å²) < 4.78 is 27.6. The number of fused-ring (bicyclic) bond motifs is 2. The highest BCUT2D eigenvalue weighted by Crippen LogP contribution is 2.31. The number of hydrogen-bond donors (Lipinski definition) is 0. The molecule has 1 atom stereocenters. The summed E-state index contributed by atoms with van der Waals surface area (Å²) in [6.45, 7) is 2.39. The van der Waals surface area contributed by atoms with Crippen molar-refractivity contribution in [3.8, 4) is 0 Å². The van der Waals surface area contributed by atoms with Crippen LogP contribution < -0.4 is 0 Å². The number of carbonyl (C=O) groups is 2. The minimum atomic E-state index is -3.69. The molecule has 1 unspecified atom stereocenters. The van der Waals surface area contributed by atoms with E-state index >= 15 is 0 Å². The number of ketones is 2. The number of hydrogen-bond acceptors (Lipinski definition) is 4. The summed E-state index contributed by atoms with van der Waals surface area (Å²) in [5.74, 6) is -0.551. The number of carbonyl (C=O) groups excluding carboxylic acids is 2. The summed E-state index contributed by atoms with van der Waals surface area (Å²) >= 11 is 0. The average Bonchev–Trinajstić information content (AvgIpc) is 2.66. The zero-order chi connectivity index (χ0) is 18.5. The van der Waals surface area contributed by atoms with Crippen LogP contribution >= 0.6 is 0 Å². The van der Waals surface area contributed by atoms with Crippen LogP contribution in [0.5, 0.6) is 0 Å². The molecule has 2 aromatic carbocycles. The topological polar surface area (TPSA) is 71.5 Å². The van der Waals surface area contributed by atoms with Crippen LogP contribution in [-0.4, -0.2) is 36.9 Å². The quantitative estimate of drug-likeness (QED) is 0.696. The fourth-order valence-electron chi connectivity index (χ4n) is 3.80. The Morgan fingerprint density at radius 3 is 2.15 bits per heavy atom. The monoisotopic (exact) mass is 369 g/mol. The molecule has 1 heterocycles. The molecule has 134 valence electrons. The van der Waals surface area contributed by atoms with Gasteiger partial charge in [-0.25, -0.2) is 8.42 Å². The van der Waals surface area contributed by atoms with E-state index < -0.39 is 10.0 Å². The molecule has 0 bridgehead atoms. The Labute approximate surface area is 152 Å². The molecule has 5 nitrogen and oxygen atoms in total. The Morgan fingerprint density at radius 1 is 0.885 bits per heavy atom. The van der Waals surface area contributed by atoms with Crippen LogP contribution in [0, 0.1) is 0 Å². The van der Waals surface area contributed by atoms with E-state index in [9.17, 15) is 18.0 Å². The van der Waals surface area contributed by atoms with Crippen LogP contribution in [0.3, 0.4) is 0 Å². The number of sulfonamides is 1. The van der Waals surface area contributed by atoms with E-state index in [1.165, 1.54) is 22.5 Å². The molecule has 1 aliphatic heterocycles. The van der Waals surface area contributed by atoms with Gasteiger partial charge in [0.15, 0.2) is 11.6 Å². The fourth-order valence-corrected chi connectivity index (χ4v) is 5.53. The third-order valence-corrected chi connectivity index (χ3v) is 7.25. The summed E-state index contributed by atoms with van der Waals surface area (Å²) in [7, 11) is -3.69. The van der Waals surface area contributed by atoms with Crippen molar-refractivity contribution >= 4 is 21.6 Å². The van der Waals surface area contributed by atoms with Gasteiger partial charge in [0, 0.05) is 34.8 Å². The van der Waals surface area contributed by atoms with Crippen molar-refractivity contribution in [2.75, 3.05) is 6.54 Å². The second-order valence-corrected chi connectivity index (χ2v) is 8.76. The summed E-state index contributed by atoms with van der Waals surface area (Å²) in [6.07, 6.45) is 2.68. The van der Waals surface area contributed by atoms with Crippen molar-refractivity contribution in [2.24, 2.45) is 0 Å². The molecule has 1 saturated heterocycles. The van der Waals surface area contributed by atoms with Crippen LogP contribution in [0.25, 0.3) is 0 Å². The lowest BCUT2D eigenvalue weighted by Crippen LogP contribution is -2.42. The predicted molar refractivity (Wildman–Crippen MR) is 97.0 cm³/mol. The Morgan fingerprint density at radius 2 is 1.50 bits per heavy atom. The first-order chi connectivity index (χ1) is 12.4. The molecule has 0 amide bonds. The highest BCUT2D eigenvalue weighted by molar-refractivity contribution is 7.89. The van der Waals surface area contributed by atoms with E-state index in [-0.39, 0.29) is 33.6 Å². The second kappa shape index (κ2) is 6.14. The lowest BCUT2D eigenvalue weighted by atomic mass is 9.84. The van der Waals surface area contributed by atoms with Gasteiger partial charge in [-0.3, -0.25) is 9.59 Å². The van der Waals surface area contributed by atoms with Gasteiger partial charge in [-0.1, -0.05) is 30.7 Å². The molecule has 1 fully saturated rings. The van der Waals surface area contributed by atoms with Crippen molar-refractivity contribution in [1.82, 2.24) is 4.31 Å². The van der Waals surface area contributed by atoms with Gasteiger partial charge in [-0.15, -0.1) is 0 Å². The molecule has 0 spiro atoms. The smallest absolute Gasteiger partial charge is 0.243 e. The number of benzene rings is 2. The van der Waals surface area contributed by atoms with E-state index in [0.29, 0.717) is 17.7 Å². The van der Waals surface area contributed by atoms with Crippen molar-refractivity contribution in [3.05, 3.63) is 64.7 Å². The zero-order valence-corrected chi connectivity index (χ0v) is 15.3. The SMILES string of the molecule is CC1CCCCN1S(=O)(=O)c1ccc2c(c1)C(=O)c1ccccc1C2=O. The zero-order valence-electron chi connectivity index (χ0n) is 14.4. The standard InChI is InChI=1S/C20H19NO4S/c1-13-6-4-5-11-21(13)26(24,25)14-9-10-17-18(12-14)20(23)16-8-3-2-7-15(16)19(17)22/h2-3,7-10,12-13H,4-6,11H2,1H3. The van der Waals surface area contributed by atoms with Crippen molar-refractivity contribution in [3.63, 3.8) is 0 Å². The van der Waals surface area contributed by atoms with E-state index in [1.54, 1.807) is 24.3 Å². The molecule has 4 rings (SSSR count). The molecule has 0 aromatic heterocycles. The maximum atomic E-state index is 13.0. The molecule has 2 aliphatic rings. The van der Waals surface area contributed by atoms with E-state index in [4.69, 9.17) is 0 Å². The minimum Gasteiger partial charge on any atom is -0.289 e. The number of piperidine rings is 1. The summed E-state index contributed by atoms with van der Waals surface area (Å²) in [6, 6.07) is 10.8. The van der Waals surface area contributed by atoms with Crippen molar-refractivity contribution < 1.29 is 18.0 Å². The maximum Gasteiger partial charge on any atom is 0.243 e. The normalized spacial score (nSPS) is 20.6. The fraction of sp³-hybridized carbons (Fsp3) is 0.300. The third kappa shape index (κ3) is 2.52. The maximum absolute atomic E-state index is 13.0. The molecular formula is C20H19NO4S. The van der Waals surface area contributed by atoms with E-state index in [0.717, 1.165) is 19.3 Å². The molecule has 0 radical (unpaired) electrons. The van der Waals surface area contributed by atoms with Gasteiger partial charge >= 0.3 is 0 Å². The molecule has 6 heteroatoms. The largest absolute Gasteiger partial charge is 0.289 e. The lowest BCUT2D eigenvalue weighted by molar-refractivity contribution is 0.0979. The van der Waals surface area contributed by atoms with Gasteiger partial charge in [-0.2, -0.15) is 4.31 Å². The Balaban J connectivity index is 1.81. The highest BCUT2D eigenvalue weighted by Gasteiger charge is 2.34. The van der Waals surface area contributed by atoms with Crippen LogP contribution in [0.2, 0.25) is 0 Å². The molecule has 1 aliphatic carbocycles. The van der Waals surface area contributed by atoms with Crippen molar-refractivity contribution in [1.29, 1.82) is 0 Å². The van der Waals surface area contributed by atoms with Crippen LogP contribution in [-0.2, 0) is 10.0 Å². The van der Waals surface area contributed by atoms with Crippen molar-refractivity contribution in [2.45, 2.75) is 37.1 Å². The Hall–Kier alpha value is -2.31. The summed E-state index contributed by atoms with van der Waals surface area (Å²) in [5.41, 5.74) is 1.12. The number of rotatable bonds is 2. The molecule has 2 aromatic rings. The van der Waals surface area contributed by atoms with Gasteiger partial charge in [0.25, 0.3) is 0 Å². The molecule has 0 saturated carbocycles. The first kappa shape index (κ1) is 17.1. The molecule has 0 N–H and O–H groups in total. The van der Waals surface area contributed by atoms with E-state index in [1.807, 2.05) is 6.92 Å². The van der Waals surface area contributed by atoms with Gasteiger partial charge in [0.2, 0.25) is 10.0 Å². The second-order valence-electron chi connectivity index (χ2n) is 6.87. The number of nitrogens with zero attached hydrogens (tertiary/aromatic N) is 1. The summed E-state index contributed by atoms with van der Waals surface area (Å²) in [5, 5.41) is 0. The van der Waals surface area contributed by atoms with E-state index in [2.05, 4.69) is 0 Å². The van der Waals surface area contributed by atoms with Crippen LogP contribution in [0.1, 0.15) is 58.0 Å². The Bertz CT molecular complexity index is 1030. The van der Waals surface area contributed by atoms with Gasteiger partial charge < -0.3 is 0 Å². The predicted octanol–water partition coefficient (Wildman–Crippen LogP) is 3.03. The van der Waals surface area contributed by atoms with Crippen LogP contribution in [0.15, 0.2) is 47.4 Å². The average molecular weight is 369 g/mol. The molecular weight excluding hydrogens is 350 g/mol. The minimum absolute atomic E-state index is 0.0668. The third-order valence-electron chi connectivity index (χ3n) is 5.25. The lowest BCUT2D eigenvalue weighted by Gasteiger charge is -2.32. The first-order valence-electron chi connectivity index (χ1n) is 8.75. The highest BCUT2D eigenvalue weighted by atomic mass is 32.2. The molecule has 26 heavy (non-hydrogen) atoms. The van der Waals surface area contributed by atoms with Gasteiger partial charge in [0.05, 0.1) is 4.90 Å². The summed E-state index contributed by atoms with van der Waals surface area (Å²) in [4.78, 5) is 25.5. The van der Waals surface area contributed by atoms with Crippen LogP contribution in [0.4, 0.5) is 0 Å². The Kier molecular flexibility index (Phi) is 4.04. The van der Waals surface area contributed by atoms with Gasteiger partial charge in [0.1, 0.15) is 0 Å².